The fourth-order valence-electron chi connectivity index (χ4n) is 1.17. The summed E-state index contributed by atoms with van der Waals surface area (Å²) in [7, 11) is 2.20. The number of rotatable bonds is 1. The van der Waals surface area contributed by atoms with Crippen molar-refractivity contribution in [1.29, 1.82) is 0 Å². The van der Waals surface area contributed by atoms with Crippen molar-refractivity contribution < 1.29 is 0 Å². The first-order valence-electron chi connectivity index (χ1n) is 3.67. The van der Waals surface area contributed by atoms with Crippen LogP contribution in [0.5, 0.6) is 0 Å². The lowest BCUT2D eigenvalue weighted by atomic mass is 9.84. The Morgan fingerprint density at radius 3 is 3.00 bits per heavy atom. The molecule has 0 heterocycles. The summed E-state index contributed by atoms with van der Waals surface area (Å²) >= 11 is 0. The Balaban J connectivity index is 2.55. The molecule has 1 unspecified atom stereocenters. The Hall–Kier alpha value is -0.455. The molecule has 0 saturated heterocycles. The van der Waals surface area contributed by atoms with Crippen LogP contribution in [0.4, 0.5) is 0 Å². The minimum atomic E-state index is 0.721. The number of hydrogen-bond donors (Lipinski definition) is 0. The quantitative estimate of drug-likeness (QED) is 0.363. The lowest BCUT2D eigenvalue weighted by Gasteiger charge is -2.10. The highest BCUT2D eigenvalue weighted by Crippen LogP contribution is 2.15. The van der Waals surface area contributed by atoms with E-state index in [0.29, 0.717) is 0 Å². The Labute approximate surface area is 58.1 Å². The van der Waals surface area contributed by atoms with Crippen molar-refractivity contribution in [3.63, 3.8) is 0 Å². The third-order valence-corrected chi connectivity index (χ3v) is 1.79. The Morgan fingerprint density at radius 1 is 1.78 bits per heavy atom. The van der Waals surface area contributed by atoms with Gasteiger partial charge in [0.15, 0.2) is 0 Å². The summed E-state index contributed by atoms with van der Waals surface area (Å²) in [5.41, 5.74) is 1.52. The van der Waals surface area contributed by atoms with Crippen LogP contribution < -0.4 is 0 Å². The second-order valence-electron chi connectivity index (χ2n) is 2.72. The van der Waals surface area contributed by atoms with Crippen LogP contribution in [0.25, 0.3) is 0 Å². The first-order valence-corrected chi connectivity index (χ1v) is 3.67. The summed E-state index contributed by atoms with van der Waals surface area (Å²) in [6, 6.07) is 0. The van der Waals surface area contributed by atoms with Crippen LogP contribution in [0.3, 0.4) is 0 Å². The van der Waals surface area contributed by atoms with Crippen molar-refractivity contribution in [3.05, 3.63) is 23.7 Å². The van der Waals surface area contributed by atoms with E-state index >= 15 is 0 Å². The van der Waals surface area contributed by atoms with Crippen molar-refractivity contribution in [2.45, 2.75) is 19.8 Å². The smallest absolute Gasteiger partial charge is 0.110 e. The van der Waals surface area contributed by atoms with Crippen molar-refractivity contribution in [1.82, 2.24) is 0 Å². The SMILES string of the molecule is BC1=CC(CC)C=CC1. The molecule has 0 aromatic rings. The first kappa shape index (κ1) is 6.66. The average molecular weight is 120 g/mol. The molecule has 9 heavy (non-hydrogen) atoms. The largest absolute Gasteiger partial charge is 0.133 e. The number of hydrogen-bond acceptors (Lipinski definition) is 0. The molecule has 1 heteroatoms. The summed E-state index contributed by atoms with van der Waals surface area (Å²) < 4.78 is 0. The fourth-order valence-corrected chi connectivity index (χ4v) is 1.17. The Kier molecular flexibility index (Phi) is 2.15. The van der Waals surface area contributed by atoms with Gasteiger partial charge < -0.3 is 0 Å². The van der Waals surface area contributed by atoms with Gasteiger partial charge in [-0.2, -0.15) is 0 Å². The molecule has 0 bridgehead atoms. The summed E-state index contributed by atoms with van der Waals surface area (Å²) in [5, 5.41) is 0. The van der Waals surface area contributed by atoms with E-state index in [1.54, 1.807) is 0 Å². The highest BCUT2D eigenvalue weighted by Gasteiger charge is 2.01. The van der Waals surface area contributed by atoms with E-state index in [0.717, 1.165) is 12.3 Å². The molecule has 0 amide bonds. The molecule has 0 nitrogen and oxygen atoms in total. The molecular formula is C8H13B. The van der Waals surface area contributed by atoms with Crippen LogP contribution in [0.1, 0.15) is 19.8 Å². The van der Waals surface area contributed by atoms with Crippen molar-refractivity contribution in [2.75, 3.05) is 0 Å². The minimum absolute atomic E-state index is 0.721. The molecule has 0 N–H and O–H groups in total. The lowest BCUT2D eigenvalue weighted by molar-refractivity contribution is 0.757. The van der Waals surface area contributed by atoms with Crippen LogP contribution in [0, 0.1) is 5.92 Å². The van der Waals surface area contributed by atoms with Crippen LogP contribution in [0.15, 0.2) is 23.7 Å². The van der Waals surface area contributed by atoms with Crippen molar-refractivity contribution in [2.24, 2.45) is 5.92 Å². The molecule has 1 aliphatic carbocycles. The van der Waals surface area contributed by atoms with Gasteiger partial charge in [-0.15, -0.1) is 5.47 Å². The maximum Gasteiger partial charge on any atom is 0.133 e. The van der Waals surface area contributed by atoms with E-state index in [-0.39, 0.29) is 0 Å². The Bertz CT molecular complexity index is 145. The summed E-state index contributed by atoms with van der Waals surface area (Å²) in [5.74, 6) is 0.721. The predicted molar refractivity (Wildman–Crippen MR) is 44.2 cm³/mol. The maximum atomic E-state index is 2.36. The van der Waals surface area contributed by atoms with Crippen molar-refractivity contribution >= 4 is 7.85 Å². The molecule has 1 aliphatic rings. The molecule has 0 fully saturated rings. The molecule has 0 radical (unpaired) electrons. The fraction of sp³-hybridized carbons (Fsp3) is 0.500. The van der Waals surface area contributed by atoms with Gasteiger partial charge in [-0.3, -0.25) is 0 Å². The lowest BCUT2D eigenvalue weighted by Crippen LogP contribution is -1.96. The summed E-state index contributed by atoms with van der Waals surface area (Å²) in [4.78, 5) is 0. The van der Waals surface area contributed by atoms with Crippen molar-refractivity contribution in [3.8, 4) is 0 Å². The van der Waals surface area contributed by atoms with E-state index in [4.69, 9.17) is 0 Å². The van der Waals surface area contributed by atoms with Gasteiger partial charge in [-0.05, 0) is 18.8 Å². The summed E-state index contributed by atoms with van der Waals surface area (Å²) in [6.45, 7) is 2.23. The Morgan fingerprint density at radius 2 is 2.56 bits per heavy atom. The molecule has 0 spiro atoms. The van der Waals surface area contributed by atoms with E-state index in [9.17, 15) is 0 Å². The first-order chi connectivity index (χ1) is 4.33. The second-order valence-corrected chi connectivity index (χ2v) is 2.72. The van der Waals surface area contributed by atoms with E-state index in [1.807, 2.05) is 0 Å². The van der Waals surface area contributed by atoms with Gasteiger partial charge in [-0.25, -0.2) is 0 Å². The van der Waals surface area contributed by atoms with Gasteiger partial charge in [0, 0.05) is 0 Å². The van der Waals surface area contributed by atoms with E-state index in [1.165, 1.54) is 11.9 Å². The van der Waals surface area contributed by atoms with Crippen LogP contribution in [0.2, 0.25) is 0 Å². The second kappa shape index (κ2) is 2.91. The van der Waals surface area contributed by atoms with Gasteiger partial charge in [0.25, 0.3) is 0 Å². The standard InChI is InChI=1S/C8H13B/c1-2-7-4-3-5-8(9)6-7/h3-4,6-7H,2,5,9H2,1H3. The van der Waals surface area contributed by atoms with Gasteiger partial charge >= 0.3 is 0 Å². The molecule has 48 valence electrons. The minimum Gasteiger partial charge on any atom is -0.110 e. The molecular weight excluding hydrogens is 107 g/mol. The highest BCUT2D eigenvalue weighted by atomic mass is 14.0. The third-order valence-electron chi connectivity index (χ3n) is 1.79. The van der Waals surface area contributed by atoms with E-state index < -0.39 is 0 Å². The molecule has 0 aromatic heterocycles. The maximum absolute atomic E-state index is 2.36. The molecule has 0 saturated carbocycles. The molecule has 1 atom stereocenters. The predicted octanol–water partition coefficient (Wildman–Crippen LogP) is 1.49. The van der Waals surface area contributed by atoms with Crippen LogP contribution >= 0.6 is 0 Å². The zero-order chi connectivity index (χ0) is 6.69. The zero-order valence-corrected chi connectivity index (χ0v) is 6.22. The molecule has 0 aromatic carbocycles. The van der Waals surface area contributed by atoms with Crippen LogP contribution in [-0.2, 0) is 0 Å². The summed E-state index contributed by atoms with van der Waals surface area (Å²) in [6.07, 6.45) is 9.33. The molecule has 1 rings (SSSR count). The van der Waals surface area contributed by atoms with Gasteiger partial charge in [0.1, 0.15) is 7.85 Å². The average Bonchev–Trinajstić information content (AvgIpc) is 1.88. The van der Waals surface area contributed by atoms with E-state index in [2.05, 4.69) is 33.0 Å². The van der Waals surface area contributed by atoms with Gasteiger partial charge in [0.05, 0.1) is 0 Å². The monoisotopic (exact) mass is 120 g/mol. The topological polar surface area (TPSA) is 0 Å². The van der Waals surface area contributed by atoms with Crippen LogP contribution in [-0.4, -0.2) is 7.85 Å². The third kappa shape index (κ3) is 1.74. The highest BCUT2D eigenvalue weighted by molar-refractivity contribution is 6.21. The number of allylic oxidation sites excluding steroid dienone is 4. The van der Waals surface area contributed by atoms with Gasteiger partial charge in [0.2, 0.25) is 0 Å². The molecule has 0 aliphatic heterocycles. The normalized spacial score (nSPS) is 25.9. The zero-order valence-electron chi connectivity index (χ0n) is 6.22. The van der Waals surface area contributed by atoms with Gasteiger partial charge in [-0.1, -0.05) is 25.2 Å².